The summed E-state index contributed by atoms with van der Waals surface area (Å²) in [6.07, 6.45) is 5.63. The molecule has 0 bridgehead atoms. The molecule has 2 heterocycles. The van der Waals surface area contributed by atoms with Gasteiger partial charge >= 0.3 is 0 Å². The highest BCUT2D eigenvalue weighted by molar-refractivity contribution is 5.78. The van der Waals surface area contributed by atoms with Crippen LogP contribution in [-0.4, -0.2) is 78.2 Å². The highest BCUT2D eigenvalue weighted by Crippen LogP contribution is 2.34. The van der Waals surface area contributed by atoms with Gasteiger partial charge in [0.15, 0.2) is 0 Å². The minimum absolute atomic E-state index is 0.117. The number of amides is 1. The van der Waals surface area contributed by atoms with E-state index in [9.17, 15) is 4.79 Å². The van der Waals surface area contributed by atoms with Gasteiger partial charge in [0.25, 0.3) is 0 Å². The van der Waals surface area contributed by atoms with Gasteiger partial charge in [0, 0.05) is 31.4 Å². The molecule has 3 rings (SSSR count). The SMILES string of the molecule is CN(C)CC(=O)N1CCO[C@@H]2[C@@H](CNc3ncccn3)CC[C@H]21. The van der Waals surface area contributed by atoms with E-state index in [-0.39, 0.29) is 18.1 Å². The molecule has 0 unspecified atom stereocenters. The number of aromatic nitrogens is 2. The summed E-state index contributed by atoms with van der Waals surface area (Å²) >= 11 is 0. The first kappa shape index (κ1) is 16.1. The smallest absolute Gasteiger partial charge is 0.237 e. The van der Waals surface area contributed by atoms with E-state index < -0.39 is 0 Å². The number of carbonyl (C=O) groups is 1. The van der Waals surface area contributed by atoms with E-state index in [4.69, 9.17) is 4.74 Å². The van der Waals surface area contributed by atoms with Gasteiger partial charge in [0.2, 0.25) is 11.9 Å². The van der Waals surface area contributed by atoms with Crippen molar-refractivity contribution in [1.29, 1.82) is 0 Å². The molecular weight excluding hydrogens is 294 g/mol. The lowest BCUT2D eigenvalue weighted by atomic mass is 10.0. The number of anilines is 1. The molecule has 7 nitrogen and oxygen atoms in total. The Balaban J connectivity index is 1.58. The topological polar surface area (TPSA) is 70.6 Å². The fourth-order valence-corrected chi connectivity index (χ4v) is 3.56. The van der Waals surface area contributed by atoms with E-state index in [0.717, 1.165) is 19.4 Å². The van der Waals surface area contributed by atoms with Crippen LogP contribution in [0.1, 0.15) is 12.8 Å². The van der Waals surface area contributed by atoms with E-state index in [1.54, 1.807) is 18.5 Å². The number of nitrogens with one attached hydrogen (secondary N) is 1. The van der Waals surface area contributed by atoms with E-state index >= 15 is 0 Å². The monoisotopic (exact) mass is 319 g/mol. The minimum Gasteiger partial charge on any atom is -0.374 e. The van der Waals surface area contributed by atoms with Crippen molar-refractivity contribution < 1.29 is 9.53 Å². The van der Waals surface area contributed by atoms with Crippen molar-refractivity contribution in [3.8, 4) is 0 Å². The lowest BCUT2D eigenvalue weighted by Gasteiger charge is -2.39. The van der Waals surface area contributed by atoms with E-state index in [1.165, 1.54) is 0 Å². The Morgan fingerprint density at radius 1 is 1.39 bits per heavy atom. The van der Waals surface area contributed by atoms with Crippen LogP contribution in [0.3, 0.4) is 0 Å². The Kier molecular flexibility index (Phi) is 5.07. The number of nitrogens with zero attached hydrogens (tertiary/aromatic N) is 4. The van der Waals surface area contributed by atoms with Crippen LogP contribution in [0.5, 0.6) is 0 Å². The molecule has 0 radical (unpaired) electrons. The molecule has 3 atom stereocenters. The van der Waals surface area contributed by atoms with Gasteiger partial charge in [-0.15, -0.1) is 0 Å². The lowest BCUT2D eigenvalue weighted by Crippen LogP contribution is -2.54. The minimum atomic E-state index is 0.117. The van der Waals surface area contributed by atoms with Gasteiger partial charge < -0.3 is 19.9 Å². The Labute approximate surface area is 137 Å². The number of rotatable bonds is 5. The van der Waals surface area contributed by atoms with Crippen molar-refractivity contribution in [1.82, 2.24) is 19.8 Å². The van der Waals surface area contributed by atoms with Crippen molar-refractivity contribution in [2.75, 3.05) is 45.7 Å². The molecule has 126 valence electrons. The molecule has 1 saturated carbocycles. The number of hydrogen-bond acceptors (Lipinski definition) is 6. The molecule has 1 aliphatic heterocycles. The first-order valence-corrected chi connectivity index (χ1v) is 8.22. The van der Waals surface area contributed by atoms with Crippen LogP contribution < -0.4 is 5.32 Å². The van der Waals surface area contributed by atoms with Crippen LogP contribution in [0.25, 0.3) is 0 Å². The van der Waals surface area contributed by atoms with E-state index in [2.05, 4.69) is 15.3 Å². The maximum Gasteiger partial charge on any atom is 0.237 e. The number of likely N-dealkylation sites (N-methyl/N-ethyl adjacent to an activating group) is 1. The Morgan fingerprint density at radius 3 is 2.91 bits per heavy atom. The van der Waals surface area contributed by atoms with Crippen LogP contribution in [0.2, 0.25) is 0 Å². The zero-order valence-corrected chi connectivity index (χ0v) is 13.8. The molecule has 1 aliphatic carbocycles. The number of carbonyl (C=O) groups excluding carboxylic acids is 1. The van der Waals surface area contributed by atoms with Crippen molar-refractivity contribution in [2.24, 2.45) is 5.92 Å². The predicted octanol–water partition coefficient (Wildman–Crippen LogP) is 0.456. The standard InChI is InChI=1S/C16H25N5O2/c1-20(2)11-14(22)21-8-9-23-15-12(4-5-13(15)21)10-19-16-17-6-3-7-18-16/h3,6-7,12-13,15H,4-5,8-11H2,1-2H3,(H,17,18,19)/t12-,13-,15-/m1/s1. The molecule has 7 heteroatoms. The molecule has 1 saturated heterocycles. The summed E-state index contributed by atoms with van der Waals surface area (Å²) in [5, 5.41) is 3.28. The number of ether oxygens (including phenoxy) is 1. The van der Waals surface area contributed by atoms with Gasteiger partial charge in [0.05, 0.1) is 25.3 Å². The molecule has 0 aromatic carbocycles. The maximum absolute atomic E-state index is 12.4. The van der Waals surface area contributed by atoms with Gasteiger partial charge in [0.1, 0.15) is 0 Å². The van der Waals surface area contributed by atoms with Crippen LogP contribution >= 0.6 is 0 Å². The van der Waals surface area contributed by atoms with Gasteiger partial charge in [-0.3, -0.25) is 4.79 Å². The largest absolute Gasteiger partial charge is 0.374 e. The summed E-state index contributed by atoms with van der Waals surface area (Å²) in [6, 6.07) is 2.01. The zero-order chi connectivity index (χ0) is 16.2. The first-order valence-electron chi connectivity index (χ1n) is 8.22. The third-order valence-electron chi connectivity index (χ3n) is 4.58. The highest BCUT2D eigenvalue weighted by Gasteiger charge is 2.44. The lowest BCUT2D eigenvalue weighted by molar-refractivity contribution is -0.146. The zero-order valence-electron chi connectivity index (χ0n) is 13.8. The number of morpholine rings is 1. The fourth-order valence-electron chi connectivity index (χ4n) is 3.56. The van der Waals surface area contributed by atoms with Crippen molar-refractivity contribution in [3.63, 3.8) is 0 Å². The van der Waals surface area contributed by atoms with Gasteiger partial charge in [-0.2, -0.15) is 0 Å². The Bertz CT molecular complexity index is 524. The first-order chi connectivity index (χ1) is 11.1. The predicted molar refractivity (Wildman–Crippen MR) is 87.0 cm³/mol. The van der Waals surface area contributed by atoms with Gasteiger partial charge in [-0.1, -0.05) is 0 Å². The summed E-state index contributed by atoms with van der Waals surface area (Å²) in [6.45, 7) is 2.57. The normalized spacial score (nSPS) is 27.1. The second kappa shape index (κ2) is 7.23. The van der Waals surface area contributed by atoms with Crippen molar-refractivity contribution >= 4 is 11.9 Å². The third kappa shape index (κ3) is 3.79. The third-order valence-corrected chi connectivity index (χ3v) is 4.58. The van der Waals surface area contributed by atoms with Crippen molar-refractivity contribution in [2.45, 2.75) is 25.0 Å². The molecule has 1 aromatic rings. The highest BCUT2D eigenvalue weighted by atomic mass is 16.5. The molecule has 1 N–H and O–H groups in total. The Hall–Kier alpha value is -1.73. The summed E-state index contributed by atoms with van der Waals surface area (Å²) in [5.74, 6) is 1.24. The molecule has 2 fully saturated rings. The van der Waals surface area contributed by atoms with Gasteiger partial charge in [-0.05, 0) is 33.0 Å². The number of hydrogen-bond donors (Lipinski definition) is 1. The second-order valence-electron chi connectivity index (χ2n) is 6.52. The van der Waals surface area contributed by atoms with Crippen LogP contribution in [-0.2, 0) is 9.53 Å². The summed E-state index contributed by atoms with van der Waals surface area (Å²) in [5.41, 5.74) is 0. The molecule has 1 amide bonds. The van der Waals surface area contributed by atoms with Gasteiger partial charge in [-0.25, -0.2) is 9.97 Å². The van der Waals surface area contributed by atoms with E-state index in [1.807, 2.05) is 23.9 Å². The fraction of sp³-hybridized carbons (Fsp3) is 0.688. The van der Waals surface area contributed by atoms with Crippen LogP contribution in [0.15, 0.2) is 18.5 Å². The molecule has 0 spiro atoms. The summed E-state index contributed by atoms with van der Waals surface area (Å²) in [4.78, 5) is 24.7. The molecule has 2 aliphatic rings. The molecule has 23 heavy (non-hydrogen) atoms. The molecular formula is C16H25N5O2. The quantitative estimate of drug-likeness (QED) is 0.850. The van der Waals surface area contributed by atoms with Crippen molar-refractivity contribution in [3.05, 3.63) is 18.5 Å². The average Bonchev–Trinajstić information content (AvgIpc) is 2.96. The van der Waals surface area contributed by atoms with Crippen LogP contribution in [0, 0.1) is 5.92 Å². The molecule has 1 aromatic heterocycles. The summed E-state index contributed by atoms with van der Waals surface area (Å²) in [7, 11) is 3.86. The number of fused-ring (bicyclic) bond motifs is 1. The average molecular weight is 319 g/mol. The maximum atomic E-state index is 12.4. The Morgan fingerprint density at radius 2 is 2.17 bits per heavy atom. The second-order valence-corrected chi connectivity index (χ2v) is 6.52. The summed E-state index contributed by atoms with van der Waals surface area (Å²) < 4.78 is 6.00. The van der Waals surface area contributed by atoms with Crippen LogP contribution in [0.4, 0.5) is 5.95 Å². The van der Waals surface area contributed by atoms with E-state index in [0.29, 0.717) is 31.6 Å².